The molecule has 1 aromatic rings. The van der Waals surface area contributed by atoms with Gasteiger partial charge in [0.2, 0.25) is 5.91 Å². The number of piperidine rings is 1. The standard InChI is InChI=1S/C17H23F3N2O2/c1-2-22(12-17(18,19)20)16(24)14-4-3-9-21(11-14)10-13-5-7-15(23)8-6-13/h5-8,14,23H,2-4,9-12H2,1H3. The van der Waals surface area contributed by atoms with Crippen LogP contribution < -0.4 is 0 Å². The molecule has 0 aliphatic carbocycles. The minimum Gasteiger partial charge on any atom is -0.508 e. The number of halogens is 3. The van der Waals surface area contributed by atoms with Crippen molar-refractivity contribution in [3.63, 3.8) is 0 Å². The number of hydrogen-bond donors (Lipinski definition) is 1. The summed E-state index contributed by atoms with van der Waals surface area (Å²) in [4.78, 5) is 15.4. The lowest BCUT2D eigenvalue weighted by Crippen LogP contribution is -2.47. The lowest BCUT2D eigenvalue weighted by molar-refractivity contribution is -0.164. The number of amides is 1. The number of phenolic OH excluding ortho intramolecular Hbond substituents is 1. The Balaban J connectivity index is 1.96. The van der Waals surface area contributed by atoms with Crippen LogP contribution in [0.15, 0.2) is 24.3 Å². The molecule has 1 atom stereocenters. The fourth-order valence-corrected chi connectivity index (χ4v) is 3.08. The highest BCUT2D eigenvalue weighted by Crippen LogP contribution is 2.23. The second-order valence-electron chi connectivity index (χ2n) is 6.21. The van der Waals surface area contributed by atoms with E-state index in [-0.39, 0.29) is 12.3 Å². The first-order chi connectivity index (χ1) is 11.3. The smallest absolute Gasteiger partial charge is 0.406 e. The molecule has 1 N–H and O–H groups in total. The maximum Gasteiger partial charge on any atom is 0.406 e. The van der Waals surface area contributed by atoms with E-state index in [4.69, 9.17) is 0 Å². The Hall–Kier alpha value is -1.76. The molecule has 0 spiro atoms. The van der Waals surface area contributed by atoms with Crippen LogP contribution in [-0.4, -0.2) is 53.2 Å². The predicted molar refractivity (Wildman–Crippen MR) is 84.4 cm³/mol. The van der Waals surface area contributed by atoms with E-state index < -0.39 is 24.5 Å². The molecule has 7 heteroatoms. The van der Waals surface area contributed by atoms with Gasteiger partial charge in [-0.05, 0) is 44.0 Å². The van der Waals surface area contributed by atoms with Crippen molar-refractivity contribution in [2.75, 3.05) is 26.2 Å². The molecule has 2 rings (SSSR count). The molecule has 1 heterocycles. The van der Waals surface area contributed by atoms with Crippen LogP contribution in [0.4, 0.5) is 13.2 Å². The number of carbonyl (C=O) groups is 1. The number of hydrogen-bond acceptors (Lipinski definition) is 3. The van der Waals surface area contributed by atoms with Gasteiger partial charge in [-0.2, -0.15) is 13.2 Å². The van der Waals surface area contributed by atoms with Crippen molar-refractivity contribution >= 4 is 5.91 Å². The van der Waals surface area contributed by atoms with Crippen LogP contribution in [0.3, 0.4) is 0 Å². The SMILES string of the molecule is CCN(CC(F)(F)F)C(=O)C1CCCN(Cc2ccc(O)cc2)C1. The van der Waals surface area contributed by atoms with Gasteiger partial charge in [0.1, 0.15) is 12.3 Å². The van der Waals surface area contributed by atoms with E-state index in [1.54, 1.807) is 19.1 Å². The Kier molecular flexibility index (Phi) is 6.10. The summed E-state index contributed by atoms with van der Waals surface area (Å²) >= 11 is 0. The van der Waals surface area contributed by atoms with Gasteiger partial charge >= 0.3 is 6.18 Å². The third kappa shape index (κ3) is 5.40. The third-order valence-corrected chi connectivity index (χ3v) is 4.26. The van der Waals surface area contributed by atoms with Crippen LogP contribution in [0, 0.1) is 5.92 Å². The van der Waals surface area contributed by atoms with Crippen molar-refractivity contribution < 1.29 is 23.1 Å². The molecule has 1 unspecified atom stereocenters. The maximum absolute atomic E-state index is 12.6. The first-order valence-corrected chi connectivity index (χ1v) is 8.14. The highest BCUT2D eigenvalue weighted by atomic mass is 19.4. The van der Waals surface area contributed by atoms with Gasteiger partial charge in [0, 0.05) is 19.6 Å². The Morgan fingerprint density at radius 2 is 2.00 bits per heavy atom. The van der Waals surface area contributed by atoms with Crippen LogP contribution in [0.5, 0.6) is 5.75 Å². The van der Waals surface area contributed by atoms with E-state index >= 15 is 0 Å². The minimum absolute atomic E-state index is 0.0623. The van der Waals surface area contributed by atoms with Crippen molar-refractivity contribution in [2.45, 2.75) is 32.5 Å². The first-order valence-electron chi connectivity index (χ1n) is 8.14. The number of benzene rings is 1. The Labute approximate surface area is 139 Å². The number of nitrogens with zero attached hydrogens (tertiary/aromatic N) is 2. The highest BCUT2D eigenvalue weighted by Gasteiger charge is 2.35. The van der Waals surface area contributed by atoms with Crippen molar-refractivity contribution in [1.82, 2.24) is 9.80 Å². The average Bonchev–Trinajstić information content (AvgIpc) is 2.53. The molecule has 1 fully saturated rings. The van der Waals surface area contributed by atoms with E-state index in [9.17, 15) is 23.1 Å². The van der Waals surface area contributed by atoms with E-state index in [0.29, 0.717) is 19.5 Å². The zero-order valence-electron chi connectivity index (χ0n) is 13.7. The van der Waals surface area contributed by atoms with Gasteiger partial charge in [-0.1, -0.05) is 12.1 Å². The second-order valence-corrected chi connectivity index (χ2v) is 6.21. The molecule has 0 saturated carbocycles. The summed E-state index contributed by atoms with van der Waals surface area (Å²) in [5.74, 6) is -0.611. The molecule has 24 heavy (non-hydrogen) atoms. The van der Waals surface area contributed by atoms with Crippen LogP contribution >= 0.6 is 0 Å². The Bertz CT molecular complexity index is 546. The van der Waals surface area contributed by atoms with Crippen LogP contribution in [0.25, 0.3) is 0 Å². The van der Waals surface area contributed by atoms with Gasteiger partial charge in [-0.15, -0.1) is 0 Å². The monoisotopic (exact) mass is 344 g/mol. The van der Waals surface area contributed by atoms with Gasteiger partial charge in [-0.25, -0.2) is 0 Å². The number of carbonyl (C=O) groups excluding carboxylic acids is 1. The van der Waals surface area contributed by atoms with Gasteiger partial charge in [0.25, 0.3) is 0 Å². The van der Waals surface area contributed by atoms with E-state index in [1.165, 1.54) is 0 Å². The van der Waals surface area contributed by atoms with Crippen LogP contribution in [0.2, 0.25) is 0 Å². The third-order valence-electron chi connectivity index (χ3n) is 4.26. The highest BCUT2D eigenvalue weighted by molar-refractivity contribution is 5.79. The van der Waals surface area contributed by atoms with Crippen LogP contribution in [-0.2, 0) is 11.3 Å². The summed E-state index contributed by atoms with van der Waals surface area (Å²) in [6, 6.07) is 6.82. The molecular formula is C17H23F3N2O2. The lowest BCUT2D eigenvalue weighted by atomic mass is 9.96. The van der Waals surface area contributed by atoms with E-state index in [1.807, 2.05) is 12.1 Å². The van der Waals surface area contributed by atoms with Crippen molar-refractivity contribution in [1.29, 1.82) is 0 Å². The van der Waals surface area contributed by atoms with Gasteiger partial charge in [0.05, 0.1) is 5.92 Å². The number of aromatic hydroxyl groups is 1. The quantitative estimate of drug-likeness (QED) is 0.893. The largest absolute Gasteiger partial charge is 0.508 e. The minimum atomic E-state index is -4.37. The lowest BCUT2D eigenvalue weighted by Gasteiger charge is -2.35. The zero-order chi connectivity index (χ0) is 17.7. The van der Waals surface area contributed by atoms with E-state index in [0.717, 1.165) is 23.4 Å². The summed E-state index contributed by atoms with van der Waals surface area (Å²) in [5, 5.41) is 9.30. The normalized spacial score (nSPS) is 19.2. The van der Waals surface area contributed by atoms with Crippen LogP contribution in [0.1, 0.15) is 25.3 Å². The van der Waals surface area contributed by atoms with Crippen molar-refractivity contribution in [3.8, 4) is 5.75 Å². The molecule has 1 saturated heterocycles. The summed E-state index contributed by atoms with van der Waals surface area (Å²) in [7, 11) is 0. The average molecular weight is 344 g/mol. The van der Waals surface area contributed by atoms with Crippen molar-refractivity contribution in [3.05, 3.63) is 29.8 Å². The Morgan fingerprint density at radius 3 is 2.58 bits per heavy atom. The fourth-order valence-electron chi connectivity index (χ4n) is 3.08. The molecule has 0 radical (unpaired) electrons. The molecule has 1 aromatic carbocycles. The summed E-state index contributed by atoms with van der Waals surface area (Å²) in [5.41, 5.74) is 1.00. The summed E-state index contributed by atoms with van der Waals surface area (Å²) in [6.45, 7) is 2.35. The van der Waals surface area contributed by atoms with E-state index in [2.05, 4.69) is 4.90 Å². The molecule has 134 valence electrons. The fraction of sp³-hybridized carbons (Fsp3) is 0.588. The molecule has 4 nitrogen and oxygen atoms in total. The van der Waals surface area contributed by atoms with Gasteiger partial charge < -0.3 is 10.0 Å². The predicted octanol–water partition coefficient (Wildman–Crippen LogP) is 3.02. The number of likely N-dealkylation sites (tertiary alicyclic amines) is 1. The molecule has 0 aromatic heterocycles. The zero-order valence-corrected chi connectivity index (χ0v) is 13.7. The first kappa shape index (κ1) is 18.6. The molecule has 1 aliphatic rings. The Morgan fingerprint density at radius 1 is 1.33 bits per heavy atom. The summed E-state index contributed by atoms with van der Waals surface area (Å²) in [6.07, 6.45) is -2.95. The molecule has 1 aliphatic heterocycles. The molecule has 0 bridgehead atoms. The maximum atomic E-state index is 12.6. The number of alkyl halides is 3. The molecular weight excluding hydrogens is 321 g/mol. The van der Waals surface area contributed by atoms with Crippen molar-refractivity contribution in [2.24, 2.45) is 5.92 Å². The topological polar surface area (TPSA) is 43.8 Å². The van der Waals surface area contributed by atoms with Gasteiger partial charge in [0.15, 0.2) is 0 Å². The molecule has 1 amide bonds. The number of phenols is 1. The van der Waals surface area contributed by atoms with Gasteiger partial charge in [-0.3, -0.25) is 9.69 Å². The second kappa shape index (κ2) is 7.88. The summed E-state index contributed by atoms with van der Waals surface area (Å²) < 4.78 is 37.8. The number of rotatable bonds is 5.